The summed E-state index contributed by atoms with van der Waals surface area (Å²) in [4.78, 5) is 18.2. The standard InChI is InChI=1S/C13H20N4O/c1-2-3-10-6-7-17(9-10)13(18)12-5-4-11(16-14)8-15-12/h4-5,8,10,16H,2-3,6-7,9,14H2,1H3. The molecule has 1 fully saturated rings. The Balaban J connectivity index is 1.98. The Morgan fingerprint density at radius 3 is 3.06 bits per heavy atom. The minimum atomic E-state index is 0.0252. The third-order valence-electron chi connectivity index (χ3n) is 3.42. The zero-order valence-corrected chi connectivity index (χ0v) is 10.7. The number of amides is 1. The summed E-state index contributed by atoms with van der Waals surface area (Å²) in [6.07, 6.45) is 5.07. The molecule has 0 bridgehead atoms. The van der Waals surface area contributed by atoms with Crippen molar-refractivity contribution >= 4 is 11.6 Å². The van der Waals surface area contributed by atoms with Crippen molar-refractivity contribution in [3.8, 4) is 0 Å². The van der Waals surface area contributed by atoms with Crippen molar-refractivity contribution in [2.75, 3.05) is 18.5 Å². The largest absolute Gasteiger partial charge is 0.337 e. The van der Waals surface area contributed by atoms with Crippen molar-refractivity contribution in [3.05, 3.63) is 24.0 Å². The van der Waals surface area contributed by atoms with E-state index in [9.17, 15) is 4.79 Å². The summed E-state index contributed by atoms with van der Waals surface area (Å²) in [5.74, 6) is 5.95. The second-order valence-corrected chi connectivity index (χ2v) is 4.77. The van der Waals surface area contributed by atoms with E-state index in [1.165, 1.54) is 12.8 Å². The Labute approximate surface area is 107 Å². The first kappa shape index (κ1) is 12.8. The first-order valence-electron chi connectivity index (χ1n) is 6.46. The predicted octanol–water partition coefficient (Wildman–Crippen LogP) is 1.63. The van der Waals surface area contributed by atoms with Gasteiger partial charge in [-0.1, -0.05) is 13.3 Å². The fourth-order valence-corrected chi connectivity index (χ4v) is 2.43. The number of hydrogen-bond acceptors (Lipinski definition) is 4. The van der Waals surface area contributed by atoms with Crippen LogP contribution in [0.5, 0.6) is 0 Å². The van der Waals surface area contributed by atoms with Crippen molar-refractivity contribution in [2.45, 2.75) is 26.2 Å². The number of nitrogens with one attached hydrogen (secondary N) is 1. The molecule has 1 aromatic rings. The van der Waals surface area contributed by atoms with Gasteiger partial charge in [0, 0.05) is 13.1 Å². The van der Waals surface area contributed by atoms with Gasteiger partial charge in [0.2, 0.25) is 0 Å². The van der Waals surface area contributed by atoms with Gasteiger partial charge in [0.05, 0.1) is 11.9 Å². The number of nitrogens with two attached hydrogens (primary N) is 1. The highest BCUT2D eigenvalue weighted by Gasteiger charge is 2.26. The minimum absolute atomic E-state index is 0.0252. The average molecular weight is 248 g/mol. The summed E-state index contributed by atoms with van der Waals surface area (Å²) in [5, 5.41) is 0. The number of likely N-dealkylation sites (tertiary alicyclic amines) is 1. The Hall–Kier alpha value is -1.62. The van der Waals surface area contributed by atoms with Crippen molar-refractivity contribution in [1.82, 2.24) is 9.88 Å². The van der Waals surface area contributed by atoms with Gasteiger partial charge in [0.15, 0.2) is 0 Å². The van der Waals surface area contributed by atoms with Crippen LogP contribution >= 0.6 is 0 Å². The summed E-state index contributed by atoms with van der Waals surface area (Å²) in [5.41, 5.74) is 3.70. The number of hydrazine groups is 1. The number of nitrogens with zero attached hydrogens (tertiary/aromatic N) is 2. The lowest BCUT2D eigenvalue weighted by Crippen LogP contribution is -2.29. The summed E-state index contributed by atoms with van der Waals surface area (Å²) in [7, 11) is 0. The van der Waals surface area contributed by atoms with E-state index in [0.29, 0.717) is 17.3 Å². The van der Waals surface area contributed by atoms with E-state index in [0.717, 1.165) is 19.5 Å². The number of hydrogen-bond donors (Lipinski definition) is 2. The fraction of sp³-hybridized carbons (Fsp3) is 0.538. The molecule has 2 heterocycles. The van der Waals surface area contributed by atoms with Crippen molar-refractivity contribution in [3.63, 3.8) is 0 Å². The lowest BCUT2D eigenvalue weighted by atomic mass is 10.0. The molecular weight excluding hydrogens is 228 g/mol. The van der Waals surface area contributed by atoms with Crippen LogP contribution in [0.4, 0.5) is 5.69 Å². The van der Waals surface area contributed by atoms with Crippen LogP contribution in [-0.4, -0.2) is 28.9 Å². The van der Waals surface area contributed by atoms with E-state index in [1.807, 2.05) is 4.90 Å². The van der Waals surface area contributed by atoms with Crippen LogP contribution in [0.2, 0.25) is 0 Å². The molecular formula is C13H20N4O. The van der Waals surface area contributed by atoms with Crippen LogP contribution < -0.4 is 11.3 Å². The molecule has 0 aliphatic carbocycles. The number of pyridine rings is 1. The van der Waals surface area contributed by atoms with Crippen LogP contribution in [0.25, 0.3) is 0 Å². The Kier molecular flexibility index (Phi) is 4.15. The second-order valence-electron chi connectivity index (χ2n) is 4.77. The molecule has 0 saturated carbocycles. The zero-order valence-electron chi connectivity index (χ0n) is 10.7. The Bertz CT molecular complexity index is 404. The predicted molar refractivity (Wildman–Crippen MR) is 71.0 cm³/mol. The molecule has 1 aliphatic rings. The van der Waals surface area contributed by atoms with Gasteiger partial charge in [-0.15, -0.1) is 0 Å². The minimum Gasteiger partial charge on any atom is -0.337 e. The van der Waals surface area contributed by atoms with E-state index in [1.54, 1.807) is 18.3 Å². The molecule has 1 saturated heterocycles. The Morgan fingerprint density at radius 1 is 1.61 bits per heavy atom. The van der Waals surface area contributed by atoms with Crippen LogP contribution in [0, 0.1) is 5.92 Å². The summed E-state index contributed by atoms with van der Waals surface area (Å²) < 4.78 is 0. The molecule has 5 heteroatoms. The molecule has 1 aliphatic heterocycles. The zero-order chi connectivity index (χ0) is 13.0. The number of anilines is 1. The van der Waals surface area contributed by atoms with Gasteiger partial charge in [-0.05, 0) is 30.9 Å². The molecule has 5 nitrogen and oxygen atoms in total. The smallest absolute Gasteiger partial charge is 0.272 e. The van der Waals surface area contributed by atoms with Gasteiger partial charge >= 0.3 is 0 Å². The molecule has 1 aromatic heterocycles. The lowest BCUT2D eigenvalue weighted by Gasteiger charge is -2.16. The molecule has 2 rings (SSSR count). The fourth-order valence-electron chi connectivity index (χ4n) is 2.43. The average Bonchev–Trinajstić information content (AvgIpc) is 2.87. The summed E-state index contributed by atoms with van der Waals surface area (Å²) in [6, 6.07) is 3.48. The number of carbonyl (C=O) groups excluding carboxylic acids is 1. The number of carbonyl (C=O) groups is 1. The highest BCUT2D eigenvalue weighted by atomic mass is 16.2. The first-order chi connectivity index (χ1) is 8.74. The molecule has 18 heavy (non-hydrogen) atoms. The van der Waals surface area contributed by atoms with Gasteiger partial charge in [0.25, 0.3) is 5.91 Å². The quantitative estimate of drug-likeness (QED) is 0.627. The molecule has 3 N–H and O–H groups in total. The number of aromatic nitrogens is 1. The molecule has 0 radical (unpaired) electrons. The van der Waals surface area contributed by atoms with Crippen LogP contribution in [0.3, 0.4) is 0 Å². The molecule has 1 atom stereocenters. The van der Waals surface area contributed by atoms with Crippen molar-refractivity contribution in [1.29, 1.82) is 0 Å². The maximum absolute atomic E-state index is 12.2. The maximum Gasteiger partial charge on any atom is 0.272 e. The highest BCUT2D eigenvalue weighted by Crippen LogP contribution is 2.22. The molecule has 1 unspecified atom stereocenters. The summed E-state index contributed by atoms with van der Waals surface area (Å²) in [6.45, 7) is 3.90. The number of nitrogen functional groups attached to an aromatic ring is 1. The third-order valence-corrected chi connectivity index (χ3v) is 3.42. The van der Waals surface area contributed by atoms with Crippen LogP contribution in [0.1, 0.15) is 36.7 Å². The normalized spacial score (nSPS) is 19.0. The lowest BCUT2D eigenvalue weighted by molar-refractivity contribution is 0.0781. The topological polar surface area (TPSA) is 71.2 Å². The van der Waals surface area contributed by atoms with E-state index < -0.39 is 0 Å². The summed E-state index contributed by atoms with van der Waals surface area (Å²) >= 11 is 0. The van der Waals surface area contributed by atoms with E-state index in [-0.39, 0.29) is 5.91 Å². The maximum atomic E-state index is 12.2. The Morgan fingerprint density at radius 2 is 2.44 bits per heavy atom. The molecule has 0 spiro atoms. The van der Waals surface area contributed by atoms with Crippen LogP contribution in [-0.2, 0) is 0 Å². The van der Waals surface area contributed by atoms with E-state index >= 15 is 0 Å². The first-order valence-corrected chi connectivity index (χ1v) is 6.46. The van der Waals surface area contributed by atoms with Crippen LogP contribution in [0.15, 0.2) is 18.3 Å². The molecule has 1 amide bonds. The monoisotopic (exact) mass is 248 g/mol. The van der Waals surface area contributed by atoms with Crippen molar-refractivity contribution in [2.24, 2.45) is 11.8 Å². The molecule has 0 aromatic carbocycles. The van der Waals surface area contributed by atoms with E-state index in [2.05, 4.69) is 17.3 Å². The third kappa shape index (κ3) is 2.79. The van der Waals surface area contributed by atoms with Gasteiger partial charge < -0.3 is 10.3 Å². The van der Waals surface area contributed by atoms with E-state index in [4.69, 9.17) is 5.84 Å². The molecule has 98 valence electrons. The SMILES string of the molecule is CCCC1CCN(C(=O)c2ccc(NN)cn2)C1. The van der Waals surface area contributed by atoms with Crippen molar-refractivity contribution < 1.29 is 4.79 Å². The van der Waals surface area contributed by atoms with Gasteiger partial charge in [-0.2, -0.15) is 0 Å². The second kappa shape index (κ2) is 5.82. The van der Waals surface area contributed by atoms with Gasteiger partial charge in [-0.3, -0.25) is 10.6 Å². The van der Waals surface area contributed by atoms with Gasteiger partial charge in [0.1, 0.15) is 5.69 Å². The van der Waals surface area contributed by atoms with Gasteiger partial charge in [-0.25, -0.2) is 4.98 Å². The number of rotatable bonds is 4. The highest BCUT2D eigenvalue weighted by molar-refractivity contribution is 5.92.